The molecule has 3 amide bonds. The van der Waals surface area contributed by atoms with E-state index in [9.17, 15) is 22.8 Å². The number of halogens is 3. The Kier molecular flexibility index (Phi) is 8.23. The first kappa shape index (κ1) is 25.6. The molecule has 0 bridgehead atoms. The smallest absolute Gasteiger partial charge is 0.342 e. The maximum absolute atomic E-state index is 12.9. The predicted molar refractivity (Wildman–Crippen MR) is 126 cm³/mol. The number of likely N-dealkylation sites (tertiary alicyclic amines) is 1. The van der Waals surface area contributed by atoms with Gasteiger partial charge in [0.05, 0.1) is 18.5 Å². The molecule has 0 radical (unpaired) electrons. The highest BCUT2D eigenvalue weighted by Gasteiger charge is 2.30. The number of nitrogens with one attached hydrogen (secondary N) is 1. The molecule has 2 aromatic rings. The van der Waals surface area contributed by atoms with Gasteiger partial charge in [-0.3, -0.25) is 9.69 Å². The standard InChI is InChI=1S/C26H32F3N3O2/c1-18(2)30-25(34)32(17-21-4-8-22(9-5-21)26(27,28)29)23-10-6-20(7-11-23)16-24(33)31-14-12-19(3)13-15-31/h4-11,18-19H,12-17H2,1-3H3,(H,30,34). The van der Waals surface area contributed by atoms with Crippen molar-refractivity contribution in [1.82, 2.24) is 10.2 Å². The minimum absolute atomic E-state index is 0.0961. The van der Waals surface area contributed by atoms with E-state index in [4.69, 9.17) is 0 Å². The summed E-state index contributed by atoms with van der Waals surface area (Å²) < 4.78 is 38.6. The van der Waals surface area contributed by atoms with Crippen LogP contribution in [0.15, 0.2) is 48.5 Å². The monoisotopic (exact) mass is 475 g/mol. The lowest BCUT2D eigenvalue weighted by molar-refractivity contribution is -0.137. The molecule has 1 fully saturated rings. The summed E-state index contributed by atoms with van der Waals surface area (Å²) in [6.45, 7) is 7.56. The number of hydrogen-bond acceptors (Lipinski definition) is 2. The van der Waals surface area contributed by atoms with Crippen LogP contribution in [0.2, 0.25) is 0 Å². The van der Waals surface area contributed by atoms with Crippen molar-refractivity contribution in [1.29, 1.82) is 0 Å². The number of alkyl halides is 3. The van der Waals surface area contributed by atoms with Crippen LogP contribution < -0.4 is 10.2 Å². The first-order valence-corrected chi connectivity index (χ1v) is 11.6. The van der Waals surface area contributed by atoms with Gasteiger partial charge in [-0.25, -0.2) is 4.79 Å². The van der Waals surface area contributed by atoms with Crippen molar-refractivity contribution in [3.05, 3.63) is 65.2 Å². The number of benzene rings is 2. The third-order valence-electron chi connectivity index (χ3n) is 6.02. The van der Waals surface area contributed by atoms with Gasteiger partial charge in [-0.2, -0.15) is 13.2 Å². The Balaban J connectivity index is 1.73. The fourth-order valence-corrected chi connectivity index (χ4v) is 3.93. The zero-order chi connectivity index (χ0) is 24.9. The zero-order valence-electron chi connectivity index (χ0n) is 19.9. The molecule has 8 heteroatoms. The average molecular weight is 476 g/mol. The van der Waals surface area contributed by atoms with E-state index in [1.807, 2.05) is 30.9 Å². The third-order valence-corrected chi connectivity index (χ3v) is 6.02. The topological polar surface area (TPSA) is 52.7 Å². The van der Waals surface area contributed by atoms with Gasteiger partial charge in [0.15, 0.2) is 0 Å². The lowest BCUT2D eigenvalue weighted by Crippen LogP contribution is -2.42. The number of amides is 3. The molecule has 1 aliphatic heterocycles. The maximum atomic E-state index is 12.9. The molecule has 184 valence electrons. The van der Waals surface area contributed by atoms with E-state index in [-0.39, 0.29) is 24.5 Å². The lowest BCUT2D eigenvalue weighted by Gasteiger charge is -2.30. The van der Waals surface area contributed by atoms with Gasteiger partial charge in [0.1, 0.15) is 0 Å². The van der Waals surface area contributed by atoms with Gasteiger partial charge < -0.3 is 10.2 Å². The normalized spacial score (nSPS) is 14.9. The highest BCUT2D eigenvalue weighted by atomic mass is 19.4. The Hall–Kier alpha value is -3.03. The Morgan fingerprint density at radius 2 is 1.56 bits per heavy atom. The Bertz CT molecular complexity index is 964. The fraction of sp³-hybridized carbons (Fsp3) is 0.462. The quantitative estimate of drug-likeness (QED) is 0.589. The zero-order valence-corrected chi connectivity index (χ0v) is 19.9. The number of carbonyl (C=O) groups excluding carboxylic acids is 2. The molecule has 0 saturated carbocycles. The molecule has 3 rings (SSSR count). The largest absolute Gasteiger partial charge is 0.416 e. The van der Waals surface area contributed by atoms with Crippen LogP contribution in [0.5, 0.6) is 0 Å². The number of hydrogen-bond donors (Lipinski definition) is 1. The van der Waals surface area contributed by atoms with E-state index in [0.717, 1.165) is 43.6 Å². The second-order valence-electron chi connectivity index (χ2n) is 9.29. The second kappa shape index (κ2) is 10.9. The van der Waals surface area contributed by atoms with Gasteiger partial charge in [-0.1, -0.05) is 31.2 Å². The van der Waals surface area contributed by atoms with Crippen LogP contribution in [0.3, 0.4) is 0 Å². The first-order chi connectivity index (χ1) is 16.0. The number of carbonyl (C=O) groups is 2. The molecule has 5 nitrogen and oxygen atoms in total. The summed E-state index contributed by atoms with van der Waals surface area (Å²) in [7, 11) is 0. The highest BCUT2D eigenvalue weighted by Crippen LogP contribution is 2.29. The van der Waals surface area contributed by atoms with E-state index in [2.05, 4.69) is 12.2 Å². The van der Waals surface area contributed by atoms with Gasteiger partial charge in [0, 0.05) is 24.8 Å². The highest BCUT2D eigenvalue weighted by molar-refractivity contribution is 5.92. The van der Waals surface area contributed by atoms with Crippen molar-refractivity contribution in [2.24, 2.45) is 5.92 Å². The molecule has 1 aliphatic rings. The van der Waals surface area contributed by atoms with Gasteiger partial charge >= 0.3 is 12.2 Å². The van der Waals surface area contributed by atoms with E-state index in [1.54, 1.807) is 12.1 Å². The summed E-state index contributed by atoms with van der Waals surface area (Å²) in [5.41, 5.74) is 1.30. The minimum atomic E-state index is -4.41. The number of rotatable bonds is 6. The Labute approximate surface area is 198 Å². The third kappa shape index (κ3) is 6.98. The van der Waals surface area contributed by atoms with Crippen LogP contribution >= 0.6 is 0 Å². The predicted octanol–water partition coefficient (Wildman–Crippen LogP) is 5.63. The van der Waals surface area contributed by atoms with E-state index < -0.39 is 11.7 Å². The fourth-order valence-electron chi connectivity index (χ4n) is 3.93. The van der Waals surface area contributed by atoms with Gasteiger partial charge in [0.2, 0.25) is 5.91 Å². The lowest BCUT2D eigenvalue weighted by atomic mass is 9.98. The molecule has 1 N–H and O–H groups in total. The molecule has 0 aliphatic carbocycles. The summed E-state index contributed by atoms with van der Waals surface area (Å²) in [6.07, 6.45) is -2.07. The maximum Gasteiger partial charge on any atom is 0.416 e. The van der Waals surface area contributed by atoms with Crippen LogP contribution in [-0.2, 0) is 23.9 Å². The van der Waals surface area contributed by atoms with Crippen LogP contribution in [0.25, 0.3) is 0 Å². The molecule has 1 saturated heterocycles. The second-order valence-corrected chi connectivity index (χ2v) is 9.29. The SMILES string of the molecule is CC1CCN(C(=O)Cc2ccc(N(Cc3ccc(C(F)(F)F)cc3)C(=O)NC(C)C)cc2)CC1. The summed E-state index contributed by atoms with van der Waals surface area (Å²) in [5.74, 6) is 0.745. The summed E-state index contributed by atoms with van der Waals surface area (Å²) in [5, 5.41) is 2.84. The summed E-state index contributed by atoms with van der Waals surface area (Å²) in [6, 6.07) is 11.5. The first-order valence-electron chi connectivity index (χ1n) is 11.6. The molecule has 1 heterocycles. The van der Waals surface area contributed by atoms with Crippen molar-refractivity contribution in [2.45, 2.75) is 58.8 Å². The van der Waals surface area contributed by atoms with Crippen LogP contribution in [0.1, 0.15) is 50.3 Å². The molecule has 34 heavy (non-hydrogen) atoms. The average Bonchev–Trinajstić information content (AvgIpc) is 2.78. The minimum Gasteiger partial charge on any atom is -0.342 e. The molecule has 0 unspecified atom stereocenters. The van der Waals surface area contributed by atoms with Crippen LogP contribution in [-0.4, -0.2) is 36.0 Å². The summed E-state index contributed by atoms with van der Waals surface area (Å²) >= 11 is 0. The van der Waals surface area contributed by atoms with Crippen molar-refractivity contribution in [2.75, 3.05) is 18.0 Å². The van der Waals surface area contributed by atoms with Crippen LogP contribution in [0, 0.1) is 5.92 Å². The number of anilines is 1. The summed E-state index contributed by atoms with van der Waals surface area (Å²) in [4.78, 5) is 28.9. The number of urea groups is 1. The molecule has 0 atom stereocenters. The van der Waals surface area contributed by atoms with Gasteiger partial charge in [0.25, 0.3) is 0 Å². The molecule has 2 aromatic carbocycles. The molecular formula is C26H32F3N3O2. The number of nitrogens with zero attached hydrogens (tertiary/aromatic N) is 2. The van der Waals surface area contributed by atoms with Gasteiger partial charge in [-0.15, -0.1) is 0 Å². The van der Waals surface area contributed by atoms with Crippen molar-refractivity contribution >= 4 is 17.6 Å². The molecule has 0 spiro atoms. The van der Waals surface area contributed by atoms with Crippen molar-refractivity contribution < 1.29 is 22.8 Å². The molecule has 0 aromatic heterocycles. The van der Waals surface area contributed by atoms with Gasteiger partial charge in [-0.05, 0) is 68.0 Å². The molecular weight excluding hydrogens is 443 g/mol. The Morgan fingerprint density at radius 1 is 1.00 bits per heavy atom. The van der Waals surface area contributed by atoms with E-state index in [1.165, 1.54) is 17.0 Å². The van der Waals surface area contributed by atoms with E-state index >= 15 is 0 Å². The van der Waals surface area contributed by atoms with Crippen LogP contribution in [0.4, 0.5) is 23.7 Å². The van der Waals surface area contributed by atoms with Crippen molar-refractivity contribution in [3.8, 4) is 0 Å². The Morgan fingerprint density at radius 3 is 2.09 bits per heavy atom. The van der Waals surface area contributed by atoms with Crippen molar-refractivity contribution in [3.63, 3.8) is 0 Å². The van der Waals surface area contributed by atoms with E-state index in [0.29, 0.717) is 23.6 Å². The number of piperidine rings is 1.